The van der Waals surface area contributed by atoms with Crippen molar-refractivity contribution in [3.8, 4) is 5.75 Å². The van der Waals surface area contributed by atoms with Crippen LogP contribution in [0.3, 0.4) is 0 Å². The predicted molar refractivity (Wildman–Crippen MR) is 69.3 cm³/mol. The minimum Gasteiger partial charge on any atom is -0.493 e. The highest BCUT2D eigenvalue weighted by Gasteiger charge is 2.15. The maximum atomic E-state index is 12.1. The second-order valence-electron chi connectivity index (χ2n) is 4.57. The summed E-state index contributed by atoms with van der Waals surface area (Å²) in [5.74, 6) is 1.06. The van der Waals surface area contributed by atoms with Crippen LogP contribution in [0.1, 0.15) is 15.9 Å². The summed E-state index contributed by atoms with van der Waals surface area (Å²) < 4.78 is 10.4. The van der Waals surface area contributed by atoms with Crippen molar-refractivity contribution in [3.05, 3.63) is 29.3 Å². The SMILES string of the molecule is COCCN(C)CC(=O)c1ccc2c(c1)CCO2. The van der Waals surface area contributed by atoms with Gasteiger partial charge in [-0.15, -0.1) is 0 Å². The van der Waals surface area contributed by atoms with E-state index in [2.05, 4.69) is 0 Å². The topological polar surface area (TPSA) is 38.8 Å². The van der Waals surface area contributed by atoms with Crippen LogP contribution in [0.5, 0.6) is 5.75 Å². The Morgan fingerprint density at radius 1 is 1.50 bits per heavy atom. The van der Waals surface area contributed by atoms with Gasteiger partial charge < -0.3 is 9.47 Å². The summed E-state index contributed by atoms with van der Waals surface area (Å²) in [7, 11) is 3.59. The van der Waals surface area contributed by atoms with E-state index in [0.29, 0.717) is 13.2 Å². The van der Waals surface area contributed by atoms with E-state index in [1.807, 2.05) is 30.1 Å². The van der Waals surface area contributed by atoms with Crippen molar-refractivity contribution in [1.29, 1.82) is 0 Å². The van der Waals surface area contributed by atoms with Gasteiger partial charge >= 0.3 is 0 Å². The lowest BCUT2D eigenvalue weighted by Crippen LogP contribution is -2.29. The number of Topliss-reactive ketones (excluding diaryl/α,β-unsaturated/α-hetero) is 1. The first-order chi connectivity index (χ1) is 8.70. The van der Waals surface area contributed by atoms with E-state index in [1.54, 1.807) is 7.11 Å². The molecule has 0 saturated carbocycles. The van der Waals surface area contributed by atoms with Gasteiger partial charge in [0.2, 0.25) is 0 Å². The van der Waals surface area contributed by atoms with Gasteiger partial charge in [-0.1, -0.05) is 0 Å². The highest BCUT2D eigenvalue weighted by molar-refractivity contribution is 5.98. The second-order valence-corrected chi connectivity index (χ2v) is 4.57. The Morgan fingerprint density at radius 3 is 3.11 bits per heavy atom. The minimum atomic E-state index is 0.142. The van der Waals surface area contributed by atoms with E-state index in [9.17, 15) is 4.79 Å². The van der Waals surface area contributed by atoms with Crippen molar-refractivity contribution in [2.45, 2.75) is 6.42 Å². The van der Waals surface area contributed by atoms with Gasteiger partial charge in [-0.25, -0.2) is 0 Å². The Hall–Kier alpha value is -1.39. The van der Waals surface area contributed by atoms with Crippen molar-refractivity contribution in [3.63, 3.8) is 0 Å². The molecule has 1 aliphatic rings. The molecule has 1 aliphatic heterocycles. The first kappa shape index (κ1) is 13.1. The number of methoxy groups -OCH3 is 1. The monoisotopic (exact) mass is 249 g/mol. The van der Waals surface area contributed by atoms with Crippen molar-refractivity contribution in [2.24, 2.45) is 0 Å². The number of hydrogen-bond donors (Lipinski definition) is 0. The molecule has 2 rings (SSSR count). The quantitative estimate of drug-likeness (QED) is 0.714. The first-order valence-electron chi connectivity index (χ1n) is 6.17. The first-order valence-corrected chi connectivity index (χ1v) is 6.17. The zero-order chi connectivity index (χ0) is 13.0. The average molecular weight is 249 g/mol. The van der Waals surface area contributed by atoms with E-state index < -0.39 is 0 Å². The van der Waals surface area contributed by atoms with E-state index in [0.717, 1.165) is 36.4 Å². The molecular weight excluding hydrogens is 230 g/mol. The van der Waals surface area contributed by atoms with Gasteiger partial charge in [0.1, 0.15) is 5.75 Å². The number of ketones is 1. The fraction of sp³-hybridized carbons (Fsp3) is 0.500. The molecule has 0 fully saturated rings. The van der Waals surface area contributed by atoms with Crippen LogP contribution in [0.2, 0.25) is 0 Å². The number of hydrogen-bond acceptors (Lipinski definition) is 4. The van der Waals surface area contributed by atoms with Crippen LogP contribution >= 0.6 is 0 Å². The third-order valence-electron chi connectivity index (χ3n) is 3.10. The van der Waals surface area contributed by atoms with Crippen molar-refractivity contribution in [1.82, 2.24) is 4.90 Å². The van der Waals surface area contributed by atoms with Crippen LogP contribution in [0, 0.1) is 0 Å². The summed E-state index contributed by atoms with van der Waals surface area (Å²) in [6.07, 6.45) is 0.899. The summed E-state index contributed by atoms with van der Waals surface area (Å²) in [6, 6.07) is 5.69. The van der Waals surface area contributed by atoms with Crippen LogP contribution in [0.4, 0.5) is 0 Å². The molecule has 4 heteroatoms. The number of fused-ring (bicyclic) bond motifs is 1. The molecule has 0 aromatic heterocycles. The molecule has 0 unspecified atom stereocenters. The normalized spacial score (nSPS) is 13.5. The van der Waals surface area contributed by atoms with Crippen molar-refractivity contribution >= 4 is 5.78 Å². The highest BCUT2D eigenvalue weighted by atomic mass is 16.5. The molecule has 0 saturated heterocycles. The summed E-state index contributed by atoms with van der Waals surface area (Å²) in [6.45, 7) is 2.54. The van der Waals surface area contributed by atoms with Crippen LogP contribution < -0.4 is 4.74 Å². The van der Waals surface area contributed by atoms with Gasteiger partial charge in [0.05, 0.1) is 19.8 Å². The van der Waals surface area contributed by atoms with E-state index in [1.165, 1.54) is 0 Å². The Bertz CT molecular complexity index is 431. The Kier molecular flexibility index (Phi) is 4.33. The number of rotatable bonds is 6. The fourth-order valence-electron chi connectivity index (χ4n) is 2.02. The van der Waals surface area contributed by atoms with Crippen LogP contribution in [0.25, 0.3) is 0 Å². The third-order valence-corrected chi connectivity index (χ3v) is 3.10. The molecule has 0 amide bonds. The number of nitrogens with zero attached hydrogens (tertiary/aromatic N) is 1. The average Bonchev–Trinajstić information content (AvgIpc) is 2.83. The zero-order valence-corrected chi connectivity index (χ0v) is 10.9. The Balaban J connectivity index is 1.96. The minimum absolute atomic E-state index is 0.142. The smallest absolute Gasteiger partial charge is 0.176 e. The Morgan fingerprint density at radius 2 is 2.33 bits per heavy atom. The molecule has 1 aromatic rings. The molecule has 98 valence electrons. The molecule has 1 heterocycles. The molecule has 0 spiro atoms. The van der Waals surface area contributed by atoms with Gasteiger partial charge in [0, 0.05) is 25.6 Å². The van der Waals surface area contributed by atoms with Crippen molar-refractivity contribution < 1.29 is 14.3 Å². The third kappa shape index (κ3) is 3.09. The maximum absolute atomic E-state index is 12.1. The van der Waals surface area contributed by atoms with Gasteiger partial charge in [-0.3, -0.25) is 9.69 Å². The van der Waals surface area contributed by atoms with E-state index >= 15 is 0 Å². The highest BCUT2D eigenvalue weighted by Crippen LogP contribution is 2.25. The summed E-state index contributed by atoms with van der Waals surface area (Å²) in [5, 5.41) is 0. The van der Waals surface area contributed by atoms with Crippen LogP contribution in [0.15, 0.2) is 18.2 Å². The summed E-state index contributed by atoms with van der Waals surface area (Å²) in [4.78, 5) is 14.1. The number of carbonyl (C=O) groups is 1. The largest absolute Gasteiger partial charge is 0.493 e. The van der Waals surface area contributed by atoms with Gasteiger partial charge in [0.15, 0.2) is 5.78 Å². The number of benzene rings is 1. The maximum Gasteiger partial charge on any atom is 0.176 e. The van der Waals surface area contributed by atoms with Crippen molar-refractivity contribution in [2.75, 3.05) is 40.5 Å². The number of ether oxygens (including phenoxy) is 2. The molecule has 0 radical (unpaired) electrons. The molecule has 4 nitrogen and oxygen atoms in total. The number of carbonyl (C=O) groups excluding carboxylic acids is 1. The van der Waals surface area contributed by atoms with Crippen LogP contribution in [-0.2, 0) is 11.2 Å². The molecule has 18 heavy (non-hydrogen) atoms. The van der Waals surface area contributed by atoms with Gasteiger partial charge in [-0.2, -0.15) is 0 Å². The second kappa shape index (κ2) is 5.98. The lowest BCUT2D eigenvalue weighted by molar-refractivity contribution is 0.0922. The van der Waals surface area contributed by atoms with Gasteiger partial charge in [-0.05, 0) is 30.8 Å². The molecular formula is C14H19NO3. The summed E-state index contributed by atoms with van der Waals surface area (Å²) >= 11 is 0. The van der Waals surface area contributed by atoms with E-state index in [-0.39, 0.29) is 5.78 Å². The van der Waals surface area contributed by atoms with Crippen LogP contribution in [-0.4, -0.2) is 51.1 Å². The predicted octanol–water partition coefficient (Wildman–Crippen LogP) is 1.38. The molecule has 1 aromatic carbocycles. The molecule has 0 aliphatic carbocycles. The molecule has 0 bridgehead atoms. The van der Waals surface area contributed by atoms with E-state index in [4.69, 9.17) is 9.47 Å². The molecule has 0 atom stereocenters. The fourth-order valence-corrected chi connectivity index (χ4v) is 2.02. The molecule has 0 N–H and O–H groups in total. The van der Waals surface area contributed by atoms with Gasteiger partial charge in [0.25, 0.3) is 0 Å². The standard InChI is InChI=1S/C14H19NO3/c1-15(6-8-17-2)10-13(16)11-3-4-14-12(9-11)5-7-18-14/h3-4,9H,5-8,10H2,1-2H3. The lowest BCUT2D eigenvalue weighted by Gasteiger charge is -2.15. The summed E-state index contributed by atoms with van der Waals surface area (Å²) in [5.41, 5.74) is 1.91. The lowest BCUT2D eigenvalue weighted by atomic mass is 10.1. The Labute approximate surface area is 107 Å². The zero-order valence-electron chi connectivity index (χ0n) is 10.9. The number of likely N-dealkylation sites (N-methyl/N-ethyl adjacent to an activating group) is 1.